The van der Waals surface area contributed by atoms with Gasteiger partial charge >= 0.3 is 0 Å². The molecule has 0 fully saturated rings. The third-order valence-electron chi connectivity index (χ3n) is 5.04. The molecular weight excluding hydrogens is 274 g/mol. The fourth-order valence-electron chi connectivity index (χ4n) is 3.82. The van der Waals surface area contributed by atoms with E-state index < -0.39 is 0 Å². The summed E-state index contributed by atoms with van der Waals surface area (Å²) in [7, 11) is 0. The number of rotatable bonds is 2. The maximum Gasteiger partial charge on any atom is 0.223 e. The zero-order chi connectivity index (χ0) is 14.9. The molecule has 1 amide bonds. The van der Waals surface area contributed by atoms with Crippen LogP contribution in [0, 0.1) is 5.92 Å². The van der Waals surface area contributed by atoms with Gasteiger partial charge in [0.2, 0.25) is 5.91 Å². The Labute approximate surface area is 130 Å². The fraction of sp³-hybridized carbons (Fsp3) is 0.444. The van der Waals surface area contributed by atoms with Crippen molar-refractivity contribution in [3.05, 3.63) is 53.1 Å². The number of carbonyl (C=O) groups is 1. The first kappa shape index (κ1) is 13.6. The molecule has 0 aliphatic heterocycles. The van der Waals surface area contributed by atoms with Crippen molar-refractivity contribution in [3.63, 3.8) is 0 Å². The molecule has 2 aliphatic rings. The van der Waals surface area contributed by atoms with Crippen LogP contribution in [-0.2, 0) is 24.1 Å². The van der Waals surface area contributed by atoms with Crippen molar-refractivity contribution in [2.24, 2.45) is 5.92 Å². The summed E-state index contributed by atoms with van der Waals surface area (Å²) < 4.78 is 0. The maximum absolute atomic E-state index is 12.7. The Bertz CT molecular complexity index is 691. The Morgan fingerprint density at radius 3 is 3.09 bits per heavy atom. The van der Waals surface area contributed by atoms with Gasteiger partial charge in [0.25, 0.3) is 0 Å². The van der Waals surface area contributed by atoms with Crippen molar-refractivity contribution in [1.82, 2.24) is 15.3 Å². The topological polar surface area (TPSA) is 57.8 Å². The minimum Gasteiger partial charge on any atom is -0.349 e. The number of nitrogens with one attached hydrogen (secondary N) is 2. The second-order valence-corrected chi connectivity index (χ2v) is 6.42. The normalized spacial score (nSPS) is 23.5. The molecule has 0 radical (unpaired) electrons. The van der Waals surface area contributed by atoms with Gasteiger partial charge in [0.05, 0.1) is 18.1 Å². The van der Waals surface area contributed by atoms with Gasteiger partial charge in [-0.25, -0.2) is 4.98 Å². The molecule has 0 saturated heterocycles. The number of hydrogen-bond acceptors (Lipinski definition) is 2. The fourth-order valence-corrected chi connectivity index (χ4v) is 3.82. The number of nitrogens with zero attached hydrogens (tertiary/aromatic N) is 1. The van der Waals surface area contributed by atoms with Crippen LogP contribution < -0.4 is 5.32 Å². The summed E-state index contributed by atoms with van der Waals surface area (Å²) >= 11 is 0. The number of carbonyl (C=O) groups excluding carboxylic acids is 1. The molecule has 2 N–H and O–H groups in total. The number of aryl methyl sites for hydroxylation is 2. The van der Waals surface area contributed by atoms with Gasteiger partial charge in [-0.05, 0) is 43.2 Å². The van der Waals surface area contributed by atoms with Crippen LogP contribution in [0.4, 0.5) is 0 Å². The molecule has 4 rings (SSSR count). The smallest absolute Gasteiger partial charge is 0.223 e. The van der Waals surface area contributed by atoms with Crippen LogP contribution in [0.25, 0.3) is 0 Å². The van der Waals surface area contributed by atoms with Crippen LogP contribution in [0.3, 0.4) is 0 Å². The summed E-state index contributed by atoms with van der Waals surface area (Å²) in [4.78, 5) is 20.1. The molecule has 2 aliphatic carbocycles. The standard InChI is InChI=1S/C18H21N3O/c22-18(13-8-9-16-17(10-13)20-11-19-16)21-15-7-3-5-12-4-1-2-6-14(12)15/h1-2,4,6,11,13,15H,3,5,7-10H2,(H,19,20)(H,21,22)/t13-,15+/m1/s1. The highest BCUT2D eigenvalue weighted by molar-refractivity contribution is 5.79. The Kier molecular flexibility index (Phi) is 3.45. The van der Waals surface area contributed by atoms with Crippen LogP contribution in [0.1, 0.15) is 47.8 Å². The van der Waals surface area contributed by atoms with Crippen molar-refractivity contribution in [3.8, 4) is 0 Å². The Balaban J connectivity index is 1.47. The van der Waals surface area contributed by atoms with Crippen LogP contribution in [0.15, 0.2) is 30.6 Å². The third-order valence-corrected chi connectivity index (χ3v) is 5.04. The summed E-state index contributed by atoms with van der Waals surface area (Å²) in [6.07, 6.45) is 7.65. The zero-order valence-corrected chi connectivity index (χ0v) is 12.6. The number of aromatic amines is 1. The SMILES string of the molecule is O=C(N[C@H]1CCCc2ccccc21)[C@@H]1CCc2nc[nH]c2C1. The summed E-state index contributed by atoms with van der Waals surface area (Å²) in [6, 6.07) is 8.68. The average Bonchev–Trinajstić information content (AvgIpc) is 3.02. The van der Waals surface area contributed by atoms with Gasteiger partial charge in [-0.1, -0.05) is 24.3 Å². The molecule has 0 bridgehead atoms. The first-order chi connectivity index (χ1) is 10.8. The molecule has 114 valence electrons. The van der Waals surface area contributed by atoms with E-state index in [-0.39, 0.29) is 17.9 Å². The Hall–Kier alpha value is -2.10. The third kappa shape index (κ3) is 2.43. The minimum absolute atomic E-state index is 0.0713. The number of H-pyrrole nitrogens is 1. The Morgan fingerprint density at radius 2 is 2.14 bits per heavy atom. The first-order valence-electron chi connectivity index (χ1n) is 8.20. The van der Waals surface area contributed by atoms with Gasteiger partial charge in [0, 0.05) is 18.0 Å². The highest BCUT2D eigenvalue weighted by Gasteiger charge is 2.29. The van der Waals surface area contributed by atoms with E-state index in [0.717, 1.165) is 49.9 Å². The lowest BCUT2D eigenvalue weighted by molar-refractivity contribution is -0.126. The number of hydrogen-bond donors (Lipinski definition) is 2. The van der Waals surface area contributed by atoms with E-state index in [1.807, 2.05) is 0 Å². The molecule has 2 atom stereocenters. The maximum atomic E-state index is 12.7. The van der Waals surface area contributed by atoms with Crippen molar-refractivity contribution < 1.29 is 4.79 Å². The predicted molar refractivity (Wildman–Crippen MR) is 84.4 cm³/mol. The highest BCUT2D eigenvalue weighted by atomic mass is 16.1. The Morgan fingerprint density at radius 1 is 1.23 bits per heavy atom. The van der Waals surface area contributed by atoms with Gasteiger partial charge in [-0.3, -0.25) is 4.79 Å². The van der Waals surface area contributed by atoms with E-state index in [0.29, 0.717) is 0 Å². The molecule has 1 aromatic heterocycles. The molecule has 0 spiro atoms. The summed E-state index contributed by atoms with van der Waals surface area (Å²) in [6.45, 7) is 0. The summed E-state index contributed by atoms with van der Waals surface area (Å²) in [5.74, 6) is 0.268. The number of amides is 1. The highest BCUT2D eigenvalue weighted by Crippen LogP contribution is 2.30. The van der Waals surface area contributed by atoms with E-state index in [1.165, 1.54) is 11.1 Å². The lowest BCUT2D eigenvalue weighted by Crippen LogP contribution is -2.37. The van der Waals surface area contributed by atoms with Crippen molar-refractivity contribution >= 4 is 5.91 Å². The van der Waals surface area contributed by atoms with E-state index in [4.69, 9.17) is 0 Å². The number of benzene rings is 1. The van der Waals surface area contributed by atoms with E-state index in [1.54, 1.807) is 6.33 Å². The van der Waals surface area contributed by atoms with E-state index >= 15 is 0 Å². The van der Waals surface area contributed by atoms with Crippen LogP contribution in [0.2, 0.25) is 0 Å². The van der Waals surface area contributed by atoms with E-state index in [2.05, 4.69) is 39.6 Å². The van der Waals surface area contributed by atoms with Gasteiger partial charge in [-0.15, -0.1) is 0 Å². The molecular formula is C18H21N3O. The molecule has 4 nitrogen and oxygen atoms in total. The van der Waals surface area contributed by atoms with E-state index in [9.17, 15) is 4.79 Å². The molecule has 0 saturated carbocycles. The lowest BCUT2D eigenvalue weighted by atomic mass is 9.85. The van der Waals surface area contributed by atoms with Gasteiger partial charge in [0.1, 0.15) is 0 Å². The zero-order valence-electron chi connectivity index (χ0n) is 12.6. The number of aromatic nitrogens is 2. The molecule has 2 aromatic rings. The summed E-state index contributed by atoms with van der Waals surface area (Å²) in [5.41, 5.74) is 4.96. The molecule has 4 heteroatoms. The lowest BCUT2D eigenvalue weighted by Gasteiger charge is -2.29. The molecule has 0 unspecified atom stereocenters. The van der Waals surface area contributed by atoms with Gasteiger partial charge in [-0.2, -0.15) is 0 Å². The first-order valence-corrected chi connectivity index (χ1v) is 8.20. The average molecular weight is 295 g/mol. The van der Waals surface area contributed by atoms with Crippen LogP contribution >= 0.6 is 0 Å². The van der Waals surface area contributed by atoms with Gasteiger partial charge < -0.3 is 10.3 Å². The quantitative estimate of drug-likeness (QED) is 0.895. The number of imidazole rings is 1. The van der Waals surface area contributed by atoms with Crippen LogP contribution in [0.5, 0.6) is 0 Å². The molecule has 1 heterocycles. The molecule has 22 heavy (non-hydrogen) atoms. The minimum atomic E-state index is 0.0713. The second kappa shape index (κ2) is 5.59. The van der Waals surface area contributed by atoms with Crippen molar-refractivity contribution in [2.75, 3.05) is 0 Å². The second-order valence-electron chi connectivity index (χ2n) is 6.42. The molecule has 1 aromatic carbocycles. The largest absolute Gasteiger partial charge is 0.349 e. The van der Waals surface area contributed by atoms with Crippen molar-refractivity contribution in [1.29, 1.82) is 0 Å². The van der Waals surface area contributed by atoms with Crippen LogP contribution in [-0.4, -0.2) is 15.9 Å². The van der Waals surface area contributed by atoms with Crippen molar-refractivity contribution in [2.45, 2.75) is 44.6 Å². The monoisotopic (exact) mass is 295 g/mol. The summed E-state index contributed by atoms with van der Waals surface area (Å²) in [5, 5.41) is 3.29. The predicted octanol–water partition coefficient (Wildman–Crippen LogP) is 2.71. The number of fused-ring (bicyclic) bond motifs is 2. The van der Waals surface area contributed by atoms with Gasteiger partial charge in [0.15, 0.2) is 0 Å².